The zero-order valence-corrected chi connectivity index (χ0v) is 16.5. The van der Waals surface area contributed by atoms with Crippen molar-refractivity contribution in [3.63, 3.8) is 0 Å². The molecule has 0 radical (unpaired) electrons. The number of rotatable bonds is 2. The molecular formula is C26H28O2. The maximum Gasteiger partial charge on any atom is 0.135 e. The molecule has 28 heavy (non-hydrogen) atoms. The Hall–Kier alpha value is -2.22. The second-order valence-electron chi connectivity index (χ2n) is 9.02. The summed E-state index contributed by atoms with van der Waals surface area (Å²) in [5, 5.41) is 2.46. The average molecular weight is 373 g/mol. The zero-order chi connectivity index (χ0) is 18.5. The van der Waals surface area contributed by atoms with Crippen molar-refractivity contribution >= 4 is 22.9 Å². The molecule has 2 aromatic rings. The molecule has 0 bridgehead atoms. The van der Waals surface area contributed by atoms with E-state index in [9.17, 15) is 0 Å². The van der Waals surface area contributed by atoms with E-state index in [0.29, 0.717) is 11.8 Å². The van der Waals surface area contributed by atoms with Crippen molar-refractivity contribution in [1.82, 2.24) is 0 Å². The fourth-order valence-electron chi connectivity index (χ4n) is 5.69. The van der Waals surface area contributed by atoms with Crippen LogP contribution in [0, 0.1) is 11.8 Å². The molecule has 2 heteroatoms. The van der Waals surface area contributed by atoms with Gasteiger partial charge in [0.05, 0.1) is 0 Å². The number of hydrogen-bond donors (Lipinski definition) is 0. The third-order valence-electron chi connectivity index (χ3n) is 7.21. The van der Waals surface area contributed by atoms with E-state index in [1.807, 2.05) is 0 Å². The van der Waals surface area contributed by atoms with E-state index in [-0.39, 0.29) is 0 Å². The lowest BCUT2D eigenvalue weighted by atomic mass is 9.84. The first-order valence-electron chi connectivity index (χ1n) is 11.3. The van der Waals surface area contributed by atoms with Crippen molar-refractivity contribution in [1.29, 1.82) is 0 Å². The SMILES string of the molecule is C1=C(C2CCCCC2)Oc2ccc3c4c(ccc1c24)OC(C1CCCCC1)=C3. The summed E-state index contributed by atoms with van der Waals surface area (Å²) in [5.74, 6) is 5.53. The van der Waals surface area contributed by atoms with Gasteiger partial charge in [0, 0.05) is 22.6 Å². The maximum absolute atomic E-state index is 6.45. The van der Waals surface area contributed by atoms with Gasteiger partial charge >= 0.3 is 0 Å². The minimum atomic E-state index is 0.582. The highest BCUT2D eigenvalue weighted by atomic mass is 16.5. The van der Waals surface area contributed by atoms with E-state index in [1.54, 1.807) is 0 Å². The molecule has 0 aromatic heterocycles. The van der Waals surface area contributed by atoms with Crippen molar-refractivity contribution < 1.29 is 9.47 Å². The van der Waals surface area contributed by atoms with Crippen molar-refractivity contribution in [2.24, 2.45) is 11.8 Å². The maximum atomic E-state index is 6.45. The Morgan fingerprint density at radius 1 is 0.536 bits per heavy atom. The van der Waals surface area contributed by atoms with Gasteiger partial charge in [-0.2, -0.15) is 0 Å². The molecular weight excluding hydrogens is 344 g/mol. The molecule has 2 fully saturated rings. The van der Waals surface area contributed by atoms with E-state index in [0.717, 1.165) is 11.5 Å². The fraction of sp³-hybridized carbons (Fsp3) is 0.462. The zero-order valence-electron chi connectivity index (χ0n) is 16.5. The molecule has 2 nitrogen and oxygen atoms in total. The van der Waals surface area contributed by atoms with Gasteiger partial charge in [-0.1, -0.05) is 50.7 Å². The van der Waals surface area contributed by atoms with Crippen LogP contribution in [-0.2, 0) is 0 Å². The Morgan fingerprint density at radius 2 is 0.964 bits per heavy atom. The Balaban J connectivity index is 1.43. The quantitative estimate of drug-likeness (QED) is 0.544. The first kappa shape index (κ1) is 16.7. The van der Waals surface area contributed by atoms with Crippen LogP contribution in [0.1, 0.15) is 75.3 Å². The molecule has 6 rings (SSSR count). The Bertz CT molecular complexity index is 904. The highest BCUT2D eigenvalue weighted by Crippen LogP contribution is 2.47. The van der Waals surface area contributed by atoms with Gasteiger partial charge in [0.2, 0.25) is 0 Å². The second-order valence-corrected chi connectivity index (χ2v) is 9.02. The first-order chi connectivity index (χ1) is 13.9. The largest absolute Gasteiger partial charge is 0.461 e. The van der Waals surface area contributed by atoms with Gasteiger partial charge in [-0.25, -0.2) is 0 Å². The van der Waals surface area contributed by atoms with E-state index >= 15 is 0 Å². The summed E-state index contributed by atoms with van der Waals surface area (Å²) in [6, 6.07) is 8.84. The van der Waals surface area contributed by atoms with Crippen LogP contribution in [0.15, 0.2) is 35.8 Å². The van der Waals surface area contributed by atoms with Crippen molar-refractivity contribution in [3.8, 4) is 11.5 Å². The van der Waals surface area contributed by atoms with Crippen LogP contribution < -0.4 is 9.47 Å². The molecule has 0 unspecified atom stereocenters. The monoisotopic (exact) mass is 372 g/mol. The molecule has 0 saturated heterocycles. The smallest absolute Gasteiger partial charge is 0.135 e. The van der Waals surface area contributed by atoms with Crippen LogP contribution in [0.4, 0.5) is 0 Å². The van der Waals surface area contributed by atoms with Gasteiger partial charge in [-0.3, -0.25) is 0 Å². The topological polar surface area (TPSA) is 18.5 Å². The molecule has 2 aliphatic carbocycles. The van der Waals surface area contributed by atoms with Crippen LogP contribution >= 0.6 is 0 Å². The number of allylic oxidation sites excluding steroid dienone is 2. The highest BCUT2D eigenvalue weighted by Gasteiger charge is 2.28. The number of ether oxygens (including phenoxy) is 2. The van der Waals surface area contributed by atoms with Gasteiger partial charge < -0.3 is 9.47 Å². The normalized spacial score (nSPS) is 22.3. The van der Waals surface area contributed by atoms with E-state index in [1.165, 1.54) is 97.6 Å². The summed E-state index contributed by atoms with van der Waals surface area (Å²) in [5.41, 5.74) is 2.58. The van der Waals surface area contributed by atoms with Crippen LogP contribution in [0.3, 0.4) is 0 Å². The lowest BCUT2D eigenvalue weighted by molar-refractivity contribution is 0.291. The van der Waals surface area contributed by atoms with E-state index < -0.39 is 0 Å². The molecule has 2 saturated carbocycles. The summed E-state index contributed by atoms with van der Waals surface area (Å²) < 4.78 is 12.9. The molecule has 0 amide bonds. The van der Waals surface area contributed by atoms with Gasteiger partial charge in [0.25, 0.3) is 0 Å². The molecule has 0 N–H and O–H groups in total. The lowest BCUT2D eigenvalue weighted by Crippen LogP contribution is -2.17. The lowest BCUT2D eigenvalue weighted by Gasteiger charge is -2.31. The van der Waals surface area contributed by atoms with Crippen LogP contribution in [0.25, 0.3) is 22.9 Å². The van der Waals surface area contributed by atoms with Gasteiger partial charge in [0.1, 0.15) is 23.0 Å². The van der Waals surface area contributed by atoms with Gasteiger partial charge in [-0.15, -0.1) is 0 Å². The number of benzene rings is 2. The molecule has 0 atom stereocenters. The predicted octanol–water partition coefficient (Wildman–Crippen LogP) is 7.47. The molecule has 2 aromatic carbocycles. The summed E-state index contributed by atoms with van der Waals surface area (Å²) in [4.78, 5) is 0. The molecule has 0 spiro atoms. The molecule has 144 valence electrons. The summed E-state index contributed by atoms with van der Waals surface area (Å²) in [6.45, 7) is 0. The standard InChI is InChI=1S/C26H28O2/c1-3-7-17(8-4-1)23-15-19-11-14-22-26-20(12-13-21(27-23)25(19)26)16-24(28-22)18-9-5-2-6-10-18/h11-18H,1-10H2. The highest BCUT2D eigenvalue weighted by molar-refractivity contribution is 6.05. The van der Waals surface area contributed by atoms with Gasteiger partial charge in [-0.05, 0) is 61.1 Å². The third kappa shape index (κ3) is 2.69. The van der Waals surface area contributed by atoms with Crippen molar-refractivity contribution in [2.45, 2.75) is 64.2 Å². The minimum Gasteiger partial charge on any atom is -0.461 e. The Kier molecular flexibility index (Phi) is 3.99. The predicted molar refractivity (Wildman–Crippen MR) is 114 cm³/mol. The van der Waals surface area contributed by atoms with Crippen molar-refractivity contribution in [2.75, 3.05) is 0 Å². The summed E-state index contributed by atoms with van der Waals surface area (Å²) >= 11 is 0. The average Bonchev–Trinajstić information content (AvgIpc) is 2.78. The van der Waals surface area contributed by atoms with Crippen molar-refractivity contribution in [3.05, 3.63) is 46.9 Å². The fourth-order valence-corrected chi connectivity index (χ4v) is 5.69. The summed E-state index contributed by atoms with van der Waals surface area (Å²) in [7, 11) is 0. The van der Waals surface area contributed by atoms with E-state index in [2.05, 4.69) is 36.4 Å². The third-order valence-corrected chi connectivity index (χ3v) is 7.21. The second kappa shape index (κ2) is 6.69. The molecule has 4 aliphatic rings. The Labute approximate surface area is 167 Å². The molecule has 2 heterocycles. The minimum absolute atomic E-state index is 0.582. The Morgan fingerprint density at radius 3 is 1.39 bits per heavy atom. The van der Waals surface area contributed by atoms with Crippen LogP contribution in [0.5, 0.6) is 11.5 Å². The number of hydrogen-bond acceptors (Lipinski definition) is 2. The summed E-state index contributed by atoms with van der Waals surface area (Å²) in [6.07, 6.45) is 17.7. The van der Waals surface area contributed by atoms with Crippen LogP contribution in [0.2, 0.25) is 0 Å². The van der Waals surface area contributed by atoms with Crippen LogP contribution in [-0.4, -0.2) is 0 Å². The van der Waals surface area contributed by atoms with Gasteiger partial charge in [0.15, 0.2) is 0 Å². The van der Waals surface area contributed by atoms with E-state index in [4.69, 9.17) is 9.47 Å². The molecule has 2 aliphatic heterocycles. The first-order valence-corrected chi connectivity index (χ1v) is 11.3.